The highest BCUT2D eigenvalue weighted by Gasteiger charge is 2.32. The smallest absolute Gasteiger partial charge is 0.0492 e. The molecule has 2 rings (SSSR count). The second-order valence-electron chi connectivity index (χ2n) is 4.39. The highest BCUT2D eigenvalue weighted by atomic mass is 35.5. The Balaban J connectivity index is 2.13. The van der Waals surface area contributed by atoms with E-state index >= 15 is 0 Å². The molecule has 1 aliphatic carbocycles. The van der Waals surface area contributed by atoms with E-state index in [1.165, 1.54) is 18.4 Å². The lowest BCUT2D eigenvalue weighted by Crippen LogP contribution is -2.35. The van der Waals surface area contributed by atoms with Crippen molar-refractivity contribution in [2.75, 3.05) is 14.1 Å². The van der Waals surface area contributed by atoms with Gasteiger partial charge in [-0.3, -0.25) is 5.01 Å². The van der Waals surface area contributed by atoms with Gasteiger partial charge in [-0.05, 0) is 36.5 Å². The number of nitrogens with one attached hydrogen (secondary N) is 1. The van der Waals surface area contributed by atoms with Crippen molar-refractivity contribution >= 4 is 11.6 Å². The summed E-state index contributed by atoms with van der Waals surface area (Å²) in [4.78, 5) is 0. The quantitative estimate of drug-likeness (QED) is 0.792. The van der Waals surface area contributed by atoms with E-state index in [1.807, 2.05) is 31.2 Å². The summed E-state index contributed by atoms with van der Waals surface area (Å²) in [6.07, 6.45) is 2.66. The van der Waals surface area contributed by atoms with Gasteiger partial charge in [-0.15, -0.1) is 0 Å². The van der Waals surface area contributed by atoms with E-state index in [9.17, 15) is 0 Å². The van der Waals surface area contributed by atoms with Gasteiger partial charge in [0.15, 0.2) is 0 Å². The molecule has 1 aromatic carbocycles. The molecule has 1 saturated carbocycles. The number of rotatable bonds is 4. The van der Waals surface area contributed by atoms with Crippen molar-refractivity contribution in [1.82, 2.24) is 10.4 Å². The van der Waals surface area contributed by atoms with Gasteiger partial charge in [-0.1, -0.05) is 23.7 Å². The summed E-state index contributed by atoms with van der Waals surface area (Å²) in [7, 11) is 4.07. The standard InChI is InChI=1S/C12H17ClN2/c1-15(2)14-12(9-3-4-9)10-5-7-11(13)8-6-10/h5-9,12,14H,3-4H2,1-2H3. The maximum Gasteiger partial charge on any atom is 0.0492 e. The number of hydrazine groups is 1. The molecule has 0 spiro atoms. The van der Waals surface area contributed by atoms with Gasteiger partial charge in [-0.2, -0.15) is 0 Å². The maximum atomic E-state index is 5.89. The van der Waals surface area contributed by atoms with Crippen molar-refractivity contribution in [3.8, 4) is 0 Å². The molecular weight excluding hydrogens is 208 g/mol. The van der Waals surface area contributed by atoms with Crippen molar-refractivity contribution in [1.29, 1.82) is 0 Å². The predicted molar refractivity (Wildman–Crippen MR) is 63.7 cm³/mol. The third-order valence-electron chi connectivity index (χ3n) is 2.72. The molecule has 0 aliphatic heterocycles. The highest BCUT2D eigenvalue weighted by Crippen LogP contribution is 2.41. The average molecular weight is 225 g/mol. The maximum absolute atomic E-state index is 5.89. The Labute approximate surface area is 96.2 Å². The molecule has 0 bridgehead atoms. The van der Waals surface area contributed by atoms with Crippen LogP contribution in [0.1, 0.15) is 24.4 Å². The molecule has 1 fully saturated rings. The predicted octanol–water partition coefficient (Wildman–Crippen LogP) is 2.86. The van der Waals surface area contributed by atoms with Gasteiger partial charge in [-0.25, -0.2) is 5.43 Å². The van der Waals surface area contributed by atoms with Crippen molar-refractivity contribution in [2.45, 2.75) is 18.9 Å². The van der Waals surface area contributed by atoms with Crippen LogP contribution in [-0.4, -0.2) is 19.1 Å². The summed E-state index contributed by atoms with van der Waals surface area (Å²) in [5.41, 5.74) is 4.80. The summed E-state index contributed by atoms with van der Waals surface area (Å²) in [5.74, 6) is 0.786. The fourth-order valence-corrected chi connectivity index (χ4v) is 1.96. The Kier molecular flexibility index (Phi) is 3.29. The van der Waals surface area contributed by atoms with Gasteiger partial charge in [0, 0.05) is 25.2 Å². The second-order valence-corrected chi connectivity index (χ2v) is 4.83. The van der Waals surface area contributed by atoms with Gasteiger partial charge >= 0.3 is 0 Å². The second kappa shape index (κ2) is 4.52. The van der Waals surface area contributed by atoms with Crippen LogP contribution in [-0.2, 0) is 0 Å². The molecule has 1 aromatic rings. The normalized spacial score (nSPS) is 18.1. The molecule has 1 N–H and O–H groups in total. The van der Waals surface area contributed by atoms with E-state index in [2.05, 4.69) is 17.6 Å². The molecule has 1 aliphatic rings. The van der Waals surface area contributed by atoms with Crippen LogP contribution in [0.5, 0.6) is 0 Å². The molecule has 0 amide bonds. The Morgan fingerprint density at radius 1 is 1.27 bits per heavy atom. The van der Waals surface area contributed by atoms with Crippen LogP contribution in [0.15, 0.2) is 24.3 Å². The van der Waals surface area contributed by atoms with Crippen LogP contribution in [0, 0.1) is 5.92 Å². The number of nitrogens with zero attached hydrogens (tertiary/aromatic N) is 1. The molecule has 2 nitrogen and oxygen atoms in total. The fourth-order valence-electron chi connectivity index (χ4n) is 1.83. The molecule has 1 unspecified atom stereocenters. The van der Waals surface area contributed by atoms with Gasteiger partial charge < -0.3 is 0 Å². The van der Waals surface area contributed by atoms with Gasteiger partial charge in [0.1, 0.15) is 0 Å². The lowest BCUT2D eigenvalue weighted by Gasteiger charge is -2.23. The molecule has 3 heteroatoms. The summed E-state index contributed by atoms with van der Waals surface area (Å²) in [5, 5.41) is 2.83. The van der Waals surface area contributed by atoms with Crippen molar-refractivity contribution < 1.29 is 0 Å². The lowest BCUT2D eigenvalue weighted by molar-refractivity contribution is 0.228. The van der Waals surface area contributed by atoms with Crippen molar-refractivity contribution in [2.24, 2.45) is 5.92 Å². The van der Waals surface area contributed by atoms with Crippen LogP contribution in [0.4, 0.5) is 0 Å². The van der Waals surface area contributed by atoms with E-state index < -0.39 is 0 Å². The average Bonchev–Trinajstić information content (AvgIpc) is 2.99. The molecule has 82 valence electrons. The Hall–Kier alpha value is -0.570. The fraction of sp³-hybridized carbons (Fsp3) is 0.500. The SMILES string of the molecule is CN(C)NC(c1ccc(Cl)cc1)C1CC1. The first-order chi connectivity index (χ1) is 7.16. The molecule has 15 heavy (non-hydrogen) atoms. The zero-order valence-corrected chi connectivity index (χ0v) is 9.96. The Morgan fingerprint density at radius 3 is 2.33 bits per heavy atom. The monoisotopic (exact) mass is 224 g/mol. The van der Waals surface area contributed by atoms with Crippen LogP contribution in [0.2, 0.25) is 5.02 Å². The number of hydrogen-bond acceptors (Lipinski definition) is 2. The molecular formula is C12H17ClN2. The Bertz CT molecular complexity index is 317. The third kappa shape index (κ3) is 2.94. The minimum Gasteiger partial charge on any atom is -0.250 e. The van der Waals surface area contributed by atoms with Crippen molar-refractivity contribution in [3.63, 3.8) is 0 Å². The first-order valence-electron chi connectivity index (χ1n) is 5.36. The number of hydrogen-bond donors (Lipinski definition) is 1. The van der Waals surface area contributed by atoms with E-state index in [0.717, 1.165) is 10.9 Å². The molecule has 1 atom stereocenters. The van der Waals surface area contributed by atoms with E-state index in [4.69, 9.17) is 11.6 Å². The van der Waals surface area contributed by atoms with E-state index in [1.54, 1.807) is 0 Å². The van der Waals surface area contributed by atoms with Crippen molar-refractivity contribution in [3.05, 3.63) is 34.9 Å². The number of halogens is 1. The topological polar surface area (TPSA) is 15.3 Å². The third-order valence-corrected chi connectivity index (χ3v) is 2.97. The van der Waals surface area contributed by atoms with Crippen LogP contribution >= 0.6 is 11.6 Å². The van der Waals surface area contributed by atoms with E-state index in [-0.39, 0.29) is 0 Å². The largest absolute Gasteiger partial charge is 0.250 e. The Morgan fingerprint density at radius 2 is 1.87 bits per heavy atom. The van der Waals surface area contributed by atoms with E-state index in [0.29, 0.717) is 6.04 Å². The minimum absolute atomic E-state index is 0.442. The molecule has 0 saturated heterocycles. The van der Waals surface area contributed by atoms with Crippen LogP contribution in [0.3, 0.4) is 0 Å². The zero-order chi connectivity index (χ0) is 10.8. The first kappa shape index (κ1) is 10.9. The first-order valence-corrected chi connectivity index (χ1v) is 5.73. The van der Waals surface area contributed by atoms with Gasteiger partial charge in [0.2, 0.25) is 0 Å². The summed E-state index contributed by atoms with van der Waals surface area (Å²) >= 11 is 5.89. The van der Waals surface area contributed by atoms with Gasteiger partial charge in [0.05, 0.1) is 0 Å². The zero-order valence-electron chi connectivity index (χ0n) is 9.20. The lowest BCUT2D eigenvalue weighted by atomic mass is 10.0. The molecule has 0 radical (unpaired) electrons. The summed E-state index contributed by atoms with van der Waals surface area (Å²) in [6, 6.07) is 8.59. The molecule has 0 heterocycles. The summed E-state index contributed by atoms with van der Waals surface area (Å²) < 4.78 is 0. The summed E-state index contributed by atoms with van der Waals surface area (Å²) in [6.45, 7) is 0. The minimum atomic E-state index is 0.442. The molecule has 0 aromatic heterocycles. The number of benzene rings is 1. The van der Waals surface area contributed by atoms with Crippen LogP contribution < -0.4 is 5.43 Å². The van der Waals surface area contributed by atoms with Crippen LogP contribution in [0.25, 0.3) is 0 Å². The highest BCUT2D eigenvalue weighted by molar-refractivity contribution is 6.30. The van der Waals surface area contributed by atoms with Gasteiger partial charge in [0.25, 0.3) is 0 Å².